The zero-order valence-electron chi connectivity index (χ0n) is 22.9. The van der Waals surface area contributed by atoms with Crippen LogP contribution in [0.15, 0.2) is 0 Å². The molecule has 192 valence electrons. The maximum atomic E-state index is 2.39. The van der Waals surface area contributed by atoms with Gasteiger partial charge in [0.05, 0.1) is 0 Å². The van der Waals surface area contributed by atoms with Gasteiger partial charge in [-0.05, 0) is 92.3 Å². The summed E-state index contributed by atoms with van der Waals surface area (Å²) in [5.74, 6) is 6.50. The molecule has 0 heteroatoms. The first-order chi connectivity index (χ1) is 16.2. The summed E-state index contributed by atoms with van der Waals surface area (Å²) in [6.07, 6.45) is 37.2. The molecule has 4 fully saturated rings. The number of hydrogen-bond acceptors (Lipinski definition) is 0. The van der Waals surface area contributed by atoms with E-state index in [4.69, 9.17) is 0 Å². The standard InChI is InChI=1S/C33H60/c1-3-5-10-28-13-17-29(18-14-28)25-30-21-23-33(24-22-30,32-11-7-6-8-12-32)26-31-19-15-27(9-4-2)16-20-31/h27-32H,3-26H2,1-2H3. The van der Waals surface area contributed by atoms with Crippen molar-refractivity contribution in [3.05, 3.63) is 0 Å². The summed E-state index contributed by atoms with van der Waals surface area (Å²) in [5, 5.41) is 0. The molecule has 0 radical (unpaired) electrons. The second-order valence-corrected chi connectivity index (χ2v) is 13.8. The Balaban J connectivity index is 1.27. The predicted octanol–water partition coefficient (Wildman–Crippen LogP) is 11.1. The zero-order valence-corrected chi connectivity index (χ0v) is 22.9. The normalized spacial score (nSPS) is 38.9. The molecule has 0 aliphatic heterocycles. The van der Waals surface area contributed by atoms with E-state index in [-0.39, 0.29) is 0 Å². The van der Waals surface area contributed by atoms with E-state index in [2.05, 4.69) is 13.8 Å². The van der Waals surface area contributed by atoms with Crippen molar-refractivity contribution in [2.45, 2.75) is 168 Å². The Hall–Kier alpha value is 0. The summed E-state index contributed by atoms with van der Waals surface area (Å²) in [7, 11) is 0. The topological polar surface area (TPSA) is 0 Å². The quantitative estimate of drug-likeness (QED) is 0.306. The van der Waals surface area contributed by atoms with E-state index < -0.39 is 0 Å². The summed E-state index contributed by atoms with van der Waals surface area (Å²) in [4.78, 5) is 0. The molecule has 4 saturated carbocycles. The first-order valence-electron chi connectivity index (χ1n) is 16.2. The molecule has 0 heterocycles. The van der Waals surface area contributed by atoms with Gasteiger partial charge in [0.1, 0.15) is 0 Å². The molecule has 0 spiro atoms. The number of unbranched alkanes of at least 4 members (excludes halogenated alkanes) is 1. The molecule has 0 aromatic carbocycles. The molecule has 0 unspecified atom stereocenters. The number of rotatable bonds is 10. The second kappa shape index (κ2) is 13.3. The van der Waals surface area contributed by atoms with Crippen LogP contribution in [-0.4, -0.2) is 0 Å². The van der Waals surface area contributed by atoms with Crippen LogP contribution in [0.1, 0.15) is 168 Å². The Kier molecular flexibility index (Phi) is 10.5. The Morgan fingerprint density at radius 1 is 0.515 bits per heavy atom. The van der Waals surface area contributed by atoms with Crippen LogP contribution in [0.2, 0.25) is 0 Å². The van der Waals surface area contributed by atoms with E-state index in [1.54, 1.807) is 116 Å². The van der Waals surface area contributed by atoms with Crippen LogP contribution < -0.4 is 0 Å². The highest BCUT2D eigenvalue weighted by atomic mass is 14.5. The van der Waals surface area contributed by atoms with Gasteiger partial charge >= 0.3 is 0 Å². The van der Waals surface area contributed by atoms with Gasteiger partial charge in [-0.3, -0.25) is 0 Å². The SMILES string of the molecule is CCCCC1CCC(CC2CCC(CC3CCC(CCC)CC3)(C3CCCCC3)CC2)CC1. The molecule has 0 saturated heterocycles. The third kappa shape index (κ3) is 7.49. The van der Waals surface area contributed by atoms with Crippen molar-refractivity contribution in [2.24, 2.45) is 40.9 Å². The third-order valence-corrected chi connectivity index (χ3v) is 11.5. The van der Waals surface area contributed by atoms with Crippen molar-refractivity contribution >= 4 is 0 Å². The molecule has 0 amide bonds. The predicted molar refractivity (Wildman–Crippen MR) is 146 cm³/mol. The molecule has 4 rings (SSSR count). The maximum Gasteiger partial charge on any atom is -0.0266 e. The number of hydrogen-bond donors (Lipinski definition) is 0. The Morgan fingerprint density at radius 2 is 1.06 bits per heavy atom. The van der Waals surface area contributed by atoms with Gasteiger partial charge < -0.3 is 0 Å². The van der Waals surface area contributed by atoms with Crippen molar-refractivity contribution in [1.29, 1.82) is 0 Å². The average Bonchev–Trinajstić information content (AvgIpc) is 2.87. The van der Waals surface area contributed by atoms with Gasteiger partial charge in [0, 0.05) is 0 Å². The zero-order chi connectivity index (χ0) is 22.9. The fraction of sp³-hybridized carbons (Fsp3) is 1.00. The van der Waals surface area contributed by atoms with Crippen molar-refractivity contribution < 1.29 is 0 Å². The maximum absolute atomic E-state index is 2.39. The summed E-state index contributed by atoms with van der Waals surface area (Å²) in [5.41, 5.74) is 0.761. The van der Waals surface area contributed by atoms with Crippen LogP contribution in [0.4, 0.5) is 0 Å². The fourth-order valence-electron chi connectivity index (χ4n) is 9.41. The van der Waals surface area contributed by atoms with Crippen LogP contribution in [0.5, 0.6) is 0 Å². The fourth-order valence-corrected chi connectivity index (χ4v) is 9.41. The summed E-state index contributed by atoms with van der Waals surface area (Å²) < 4.78 is 0. The first-order valence-corrected chi connectivity index (χ1v) is 16.2. The minimum Gasteiger partial charge on any atom is -0.0654 e. The smallest absolute Gasteiger partial charge is 0.0266 e. The molecular weight excluding hydrogens is 396 g/mol. The van der Waals surface area contributed by atoms with Crippen molar-refractivity contribution in [3.63, 3.8) is 0 Å². The molecular formula is C33H60. The highest BCUT2D eigenvalue weighted by Gasteiger charge is 2.44. The first kappa shape index (κ1) is 26.1. The molecule has 0 bridgehead atoms. The van der Waals surface area contributed by atoms with Gasteiger partial charge in [-0.25, -0.2) is 0 Å². The van der Waals surface area contributed by atoms with Crippen LogP contribution >= 0.6 is 0 Å². The van der Waals surface area contributed by atoms with Crippen LogP contribution in [0, 0.1) is 40.9 Å². The van der Waals surface area contributed by atoms with E-state index in [0.29, 0.717) is 0 Å². The molecule has 4 aliphatic carbocycles. The third-order valence-electron chi connectivity index (χ3n) is 11.5. The summed E-state index contributed by atoms with van der Waals surface area (Å²) in [6.45, 7) is 4.75. The highest BCUT2D eigenvalue weighted by Crippen LogP contribution is 2.55. The Morgan fingerprint density at radius 3 is 1.67 bits per heavy atom. The Labute approximate surface area is 208 Å². The molecule has 0 aromatic rings. The van der Waals surface area contributed by atoms with Crippen LogP contribution in [0.3, 0.4) is 0 Å². The molecule has 33 heavy (non-hydrogen) atoms. The van der Waals surface area contributed by atoms with Gasteiger partial charge in [-0.2, -0.15) is 0 Å². The van der Waals surface area contributed by atoms with Gasteiger partial charge in [0.15, 0.2) is 0 Å². The second-order valence-electron chi connectivity index (χ2n) is 13.8. The molecule has 0 aromatic heterocycles. The van der Waals surface area contributed by atoms with Crippen LogP contribution in [-0.2, 0) is 0 Å². The molecule has 0 nitrogen and oxygen atoms in total. The largest absolute Gasteiger partial charge is 0.0654 e. The highest BCUT2D eigenvalue weighted by molar-refractivity contribution is 4.95. The monoisotopic (exact) mass is 456 g/mol. The molecule has 4 aliphatic rings. The van der Waals surface area contributed by atoms with E-state index in [0.717, 1.165) is 40.9 Å². The minimum absolute atomic E-state index is 0.761. The van der Waals surface area contributed by atoms with Crippen molar-refractivity contribution in [2.75, 3.05) is 0 Å². The van der Waals surface area contributed by atoms with Gasteiger partial charge in [0.2, 0.25) is 0 Å². The van der Waals surface area contributed by atoms with E-state index >= 15 is 0 Å². The van der Waals surface area contributed by atoms with E-state index in [9.17, 15) is 0 Å². The minimum atomic E-state index is 0.761. The molecule has 0 N–H and O–H groups in total. The lowest BCUT2D eigenvalue weighted by atomic mass is 9.55. The van der Waals surface area contributed by atoms with Gasteiger partial charge in [-0.15, -0.1) is 0 Å². The van der Waals surface area contributed by atoms with Gasteiger partial charge in [0.25, 0.3) is 0 Å². The summed E-state index contributed by atoms with van der Waals surface area (Å²) in [6, 6.07) is 0. The Bertz CT molecular complexity index is 504. The van der Waals surface area contributed by atoms with E-state index in [1.165, 1.54) is 38.5 Å². The van der Waals surface area contributed by atoms with Gasteiger partial charge in [-0.1, -0.05) is 117 Å². The van der Waals surface area contributed by atoms with Crippen molar-refractivity contribution in [3.8, 4) is 0 Å². The lowest BCUT2D eigenvalue weighted by Gasteiger charge is -2.50. The lowest BCUT2D eigenvalue weighted by Crippen LogP contribution is -2.39. The van der Waals surface area contributed by atoms with Crippen molar-refractivity contribution in [1.82, 2.24) is 0 Å². The lowest BCUT2D eigenvalue weighted by molar-refractivity contribution is 0.0103. The van der Waals surface area contributed by atoms with E-state index in [1.807, 2.05) is 0 Å². The molecule has 0 atom stereocenters. The van der Waals surface area contributed by atoms with Crippen LogP contribution in [0.25, 0.3) is 0 Å². The summed E-state index contributed by atoms with van der Waals surface area (Å²) >= 11 is 0. The average molecular weight is 457 g/mol.